The molecule has 0 aromatic rings. The van der Waals surface area contributed by atoms with E-state index in [0.717, 1.165) is 4.90 Å². The normalized spacial score (nSPS) is 30.8. The van der Waals surface area contributed by atoms with Crippen molar-refractivity contribution < 1.29 is 23.1 Å². The summed E-state index contributed by atoms with van der Waals surface area (Å²) in [7, 11) is 1.19. The molecular weight excluding hydrogens is 187 g/mol. The molecule has 76 valence electrons. The first-order valence-corrected chi connectivity index (χ1v) is 3.84. The van der Waals surface area contributed by atoms with Crippen LogP contribution >= 0.6 is 0 Å². The van der Waals surface area contributed by atoms with Crippen LogP contribution in [0.15, 0.2) is 0 Å². The first-order chi connectivity index (χ1) is 5.82. The van der Waals surface area contributed by atoms with E-state index in [9.17, 15) is 18.0 Å². The summed E-state index contributed by atoms with van der Waals surface area (Å²) in [5.74, 6) is -1.81. The van der Waals surface area contributed by atoms with Crippen LogP contribution in [-0.2, 0) is 4.79 Å². The molecule has 1 fully saturated rings. The molecule has 0 aliphatic carbocycles. The second-order valence-electron chi connectivity index (χ2n) is 3.19. The summed E-state index contributed by atoms with van der Waals surface area (Å²) in [6.45, 7) is 0.172. The first kappa shape index (κ1) is 10.3. The maximum atomic E-state index is 12.5. The zero-order chi connectivity index (χ0) is 10.3. The molecule has 1 aliphatic rings. The highest BCUT2D eigenvalue weighted by atomic mass is 19.4. The molecular formula is C7H10F3NO2. The molecule has 1 rings (SSSR count). The maximum absolute atomic E-state index is 12.5. The van der Waals surface area contributed by atoms with Crippen molar-refractivity contribution in [2.45, 2.75) is 24.6 Å². The number of nitrogens with zero attached hydrogens (tertiary/aromatic N) is 1. The van der Waals surface area contributed by atoms with Gasteiger partial charge in [0.05, 0.1) is 0 Å². The van der Waals surface area contributed by atoms with E-state index in [1.165, 1.54) is 7.05 Å². The second-order valence-corrected chi connectivity index (χ2v) is 3.19. The lowest BCUT2D eigenvalue weighted by Crippen LogP contribution is -2.59. The van der Waals surface area contributed by atoms with Crippen molar-refractivity contribution in [2.24, 2.45) is 0 Å². The van der Waals surface area contributed by atoms with Gasteiger partial charge in [-0.25, -0.2) is 4.79 Å². The van der Waals surface area contributed by atoms with Crippen LogP contribution in [0.25, 0.3) is 0 Å². The van der Waals surface area contributed by atoms with Crippen LogP contribution in [0.3, 0.4) is 0 Å². The van der Waals surface area contributed by atoms with Crippen molar-refractivity contribution in [3.8, 4) is 0 Å². The molecule has 13 heavy (non-hydrogen) atoms. The highest BCUT2D eigenvalue weighted by Crippen LogP contribution is 2.42. The molecule has 0 unspecified atom stereocenters. The zero-order valence-corrected chi connectivity index (χ0v) is 7.06. The van der Waals surface area contributed by atoms with Gasteiger partial charge in [0.2, 0.25) is 5.54 Å². The van der Waals surface area contributed by atoms with Gasteiger partial charge < -0.3 is 5.11 Å². The molecule has 0 spiro atoms. The smallest absolute Gasteiger partial charge is 0.417 e. The summed E-state index contributed by atoms with van der Waals surface area (Å²) in [6.07, 6.45) is -4.80. The highest BCUT2D eigenvalue weighted by Gasteiger charge is 2.64. The largest absolute Gasteiger partial charge is 0.480 e. The van der Waals surface area contributed by atoms with Crippen LogP contribution in [0, 0.1) is 0 Å². The van der Waals surface area contributed by atoms with E-state index in [0.29, 0.717) is 0 Å². The van der Waals surface area contributed by atoms with Crippen LogP contribution in [-0.4, -0.2) is 41.3 Å². The molecule has 0 aromatic heterocycles. The Labute approximate surface area is 73.1 Å². The SMILES string of the molecule is CN1CCC[C@]1(C(=O)O)C(F)(F)F. The maximum Gasteiger partial charge on any atom is 0.417 e. The first-order valence-electron chi connectivity index (χ1n) is 3.84. The van der Waals surface area contributed by atoms with E-state index < -0.39 is 17.7 Å². The zero-order valence-electron chi connectivity index (χ0n) is 7.06. The molecule has 1 saturated heterocycles. The Hall–Kier alpha value is -0.780. The lowest BCUT2D eigenvalue weighted by atomic mass is 9.96. The molecule has 0 aromatic carbocycles. The topological polar surface area (TPSA) is 40.5 Å². The third kappa shape index (κ3) is 1.29. The number of likely N-dealkylation sites (tertiary alicyclic amines) is 1. The van der Waals surface area contributed by atoms with Gasteiger partial charge in [-0.1, -0.05) is 0 Å². The summed E-state index contributed by atoms with van der Waals surface area (Å²) in [4.78, 5) is 11.5. The van der Waals surface area contributed by atoms with Gasteiger partial charge in [0.1, 0.15) is 0 Å². The van der Waals surface area contributed by atoms with Crippen LogP contribution in [0.2, 0.25) is 0 Å². The number of aliphatic carboxylic acids is 1. The number of hydrogen-bond donors (Lipinski definition) is 1. The molecule has 1 N–H and O–H groups in total. The Kier molecular flexibility index (Phi) is 2.27. The van der Waals surface area contributed by atoms with Gasteiger partial charge >= 0.3 is 12.1 Å². The summed E-state index contributed by atoms with van der Waals surface area (Å²) in [6, 6.07) is 0. The minimum Gasteiger partial charge on any atom is -0.480 e. The van der Waals surface area contributed by atoms with E-state index in [-0.39, 0.29) is 19.4 Å². The fourth-order valence-corrected chi connectivity index (χ4v) is 1.70. The molecule has 3 nitrogen and oxygen atoms in total. The Morgan fingerprint density at radius 2 is 2.08 bits per heavy atom. The van der Waals surface area contributed by atoms with Crippen molar-refractivity contribution in [3.05, 3.63) is 0 Å². The quantitative estimate of drug-likeness (QED) is 0.684. The van der Waals surface area contributed by atoms with Crippen molar-refractivity contribution in [1.82, 2.24) is 4.90 Å². The van der Waals surface area contributed by atoms with Gasteiger partial charge in [0.15, 0.2) is 0 Å². The average Bonchev–Trinajstić information content (AvgIpc) is 2.29. The molecule has 0 radical (unpaired) electrons. The number of alkyl halides is 3. The Balaban J connectivity index is 3.08. The number of halogens is 3. The second kappa shape index (κ2) is 2.87. The predicted molar refractivity (Wildman–Crippen MR) is 38.3 cm³/mol. The van der Waals surface area contributed by atoms with E-state index in [1.807, 2.05) is 0 Å². The number of carboxylic acid groups (broad SMARTS) is 1. The summed E-state index contributed by atoms with van der Waals surface area (Å²) in [5, 5.41) is 8.61. The van der Waals surface area contributed by atoms with Crippen molar-refractivity contribution in [3.63, 3.8) is 0 Å². The number of carbonyl (C=O) groups is 1. The third-order valence-corrected chi connectivity index (χ3v) is 2.51. The Bertz CT molecular complexity index is 228. The Morgan fingerprint density at radius 1 is 1.54 bits per heavy atom. The number of hydrogen-bond acceptors (Lipinski definition) is 2. The number of likely N-dealkylation sites (N-methyl/N-ethyl adjacent to an activating group) is 1. The minimum absolute atomic E-state index is 0.172. The molecule has 0 bridgehead atoms. The third-order valence-electron chi connectivity index (χ3n) is 2.51. The fourth-order valence-electron chi connectivity index (χ4n) is 1.70. The molecule has 0 saturated carbocycles. The molecule has 0 amide bonds. The van der Waals surface area contributed by atoms with Gasteiger partial charge in [0, 0.05) is 0 Å². The lowest BCUT2D eigenvalue weighted by molar-refractivity contribution is -0.227. The van der Waals surface area contributed by atoms with E-state index in [2.05, 4.69) is 0 Å². The summed E-state index contributed by atoms with van der Waals surface area (Å²) >= 11 is 0. The number of carboxylic acids is 1. The summed E-state index contributed by atoms with van der Waals surface area (Å²) in [5.41, 5.74) is -2.66. The van der Waals surface area contributed by atoms with Gasteiger partial charge in [-0.3, -0.25) is 4.90 Å². The highest BCUT2D eigenvalue weighted by molar-refractivity contribution is 5.80. The monoisotopic (exact) mass is 197 g/mol. The van der Waals surface area contributed by atoms with Crippen LogP contribution < -0.4 is 0 Å². The minimum atomic E-state index is -4.70. The molecule has 6 heteroatoms. The van der Waals surface area contributed by atoms with E-state index in [1.54, 1.807) is 0 Å². The van der Waals surface area contributed by atoms with Crippen LogP contribution in [0.4, 0.5) is 13.2 Å². The molecule has 1 heterocycles. The average molecular weight is 197 g/mol. The lowest BCUT2D eigenvalue weighted by Gasteiger charge is -2.33. The van der Waals surface area contributed by atoms with Gasteiger partial charge in [-0.15, -0.1) is 0 Å². The van der Waals surface area contributed by atoms with E-state index in [4.69, 9.17) is 5.11 Å². The van der Waals surface area contributed by atoms with Crippen LogP contribution in [0.5, 0.6) is 0 Å². The van der Waals surface area contributed by atoms with Crippen molar-refractivity contribution in [1.29, 1.82) is 0 Å². The van der Waals surface area contributed by atoms with Gasteiger partial charge in [-0.2, -0.15) is 13.2 Å². The van der Waals surface area contributed by atoms with Crippen molar-refractivity contribution in [2.75, 3.05) is 13.6 Å². The number of rotatable bonds is 1. The van der Waals surface area contributed by atoms with Gasteiger partial charge in [-0.05, 0) is 26.4 Å². The Morgan fingerprint density at radius 3 is 2.23 bits per heavy atom. The van der Waals surface area contributed by atoms with Crippen molar-refractivity contribution >= 4 is 5.97 Å². The van der Waals surface area contributed by atoms with Gasteiger partial charge in [0.25, 0.3) is 0 Å². The fraction of sp³-hybridized carbons (Fsp3) is 0.857. The molecule has 1 atom stereocenters. The summed E-state index contributed by atoms with van der Waals surface area (Å²) < 4.78 is 37.5. The van der Waals surface area contributed by atoms with Crippen LogP contribution in [0.1, 0.15) is 12.8 Å². The predicted octanol–water partition coefficient (Wildman–Crippen LogP) is 1.10. The van der Waals surface area contributed by atoms with E-state index >= 15 is 0 Å². The standard InChI is InChI=1S/C7H10F3NO2/c1-11-4-2-3-6(11,5(12)13)7(8,9)10/h2-4H2,1H3,(H,12,13)/t6-/m0/s1. The molecule has 1 aliphatic heterocycles.